The second-order valence-corrected chi connectivity index (χ2v) is 9.90. The van der Waals surface area contributed by atoms with Crippen LogP contribution in [0.15, 0.2) is 22.3 Å². The zero-order valence-electron chi connectivity index (χ0n) is 17.2. The van der Waals surface area contributed by atoms with Crippen molar-refractivity contribution in [1.29, 1.82) is 0 Å². The van der Waals surface area contributed by atoms with E-state index in [1.807, 2.05) is 18.6 Å². The van der Waals surface area contributed by atoms with Crippen molar-refractivity contribution >= 4 is 11.8 Å². The summed E-state index contributed by atoms with van der Waals surface area (Å²) in [7, 11) is 0. The maximum Gasteiger partial charge on any atom is 0.254 e. The summed E-state index contributed by atoms with van der Waals surface area (Å²) >= 11 is 1.56. The van der Waals surface area contributed by atoms with E-state index in [0.717, 1.165) is 73.1 Å². The van der Waals surface area contributed by atoms with Gasteiger partial charge in [0.05, 0.1) is 5.69 Å². The first-order valence-electron chi connectivity index (χ1n) is 10.0. The number of nitrogens with one attached hydrogen (secondary N) is 1. The van der Waals surface area contributed by atoms with Crippen molar-refractivity contribution in [3.8, 4) is 0 Å². The highest BCUT2D eigenvalue weighted by atomic mass is 32.2. The summed E-state index contributed by atoms with van der Waals surface area (Å²) < 4.78 is 0. The number of thioether (sulfide) groups is 1. The summed E-state index contributed by atoms with van der Waals surface area (Å²) in [6.45, 7) is 9.23. The van der Waals surface area contributed by atoms with Crippen molar-refractivity contribution in [2.45, 2.75) is 69.0 Å². The minimum Gasteiger partial charge on any atom is -0.310 e. The molecule has 3 heterocycles. The van der Waals surface area contributed by atoms with Gasteiger partial charge in [-0.05, 0) is 45.0 Å². The maximum atomic E-state index is 12.6. The second kappa shape index (κ2) is 7.26. The fraction of sp³-hybridized carbons (Fsp3) is 0.619. The Hall–Kier alpha value is -1.73. The number of aromatic amines is 1. The van der Waals surface area contributed by atoms with Gasteiger partial charge >= 0.3 is 0 Å². The summed E-state index contributed by atoms with van der Waals surface area (Å²) in [6.07, 6.45) is 9.88. The molecule has 150 valence electrons. The van der Waals surface area contributed by atoms with Crippen LogP contribution < -0.4 is 5.56 Å². The highest BCUT2D eigenvalue weighted by Crippen LogP contribution is 2.44. The highest BCUT2D eigenvalue weighted by molar-refractivity contribution is 7.98. The quantitative estimate of drug-likeness (QED) is 0.632. The van der Waals surface area contributed by atoms with E-state index < -0.39 is 0 Å². The van der Waals surface area contributed by atoms with E-state index in [0.29, 0.717) is 0 Å². The van der Waals surface area contributed by atoms with Gasteiger partial charge in [0.25, 0.3) is 5.56 Å². The first-order chi connectivity index (χ1) is 13.3. The molecule has 2 aromatic rings. The van der Waals surface area contributed by atoms with E-state index in [4.69, 9.17) is 4.98 Å². The van der Waals surface area contributed by atoms with Crippen LogP contribution in [-0.4, -0.2) is 44.2 Å². The van der Waals surface area contributed by atoms with E-state index in [1.165, 1.54) is 0 Å². The molecule has 28 heavy (non-hydrogen) atoms. The van der Waals surface area contributed by atoms with Crippen LogP contribution in [0.4, 0.5) is 0 Å². The Morgan fingerprint density at radius 2 is 1.86 bits per heavy atom. The molecule has 0 bridgehead atoms. The Balaban J connectivity index is 1.51. The fourth-order valence-corrected chi connectivity index (χ4v) is 4.74. The van der Waals surface area contributed by atoms with Crippen LogP contribution in [0.25, 0.3) is 0 Å². The van der Waals surface area contributed by atoms with Gasteiger partial charge in [-0.3, -0.25) is 9.69 Å². The van der Waals surface area contributed by atoms with Crippen molar-refractivity contribution in [3.05, 3.63) is 45.4 Å². The number of hydrogen-bond acceptors (Lipinski definition) is 6. The number of H-pyrrole nitrogens is 1. The standard InChI is InChI=1S/C21H29N5OS/c1-20(2,3)18-24-16-15(17(27)25-18)5-6-21(16)7-9-26(10-8-21)13-14-11-22-19(28-4)23-12-14/h11-12H,5-10,13H2,1-4H3,(H,24,25,27). The van der Waals surface area contributed by atoms with Gasteiger partial charge in [-0.25, -0.2) is 15.0 Å². The van der Waals surface area contributed by atoms with Crippen molar-refractivity contribution in [2.24, 2.45) is 0 Å². The molecule has 1 fully saturated rings. The van der Waals surface area contributed by atoms with Gasteiger partial charge < -0.3 is 4.98 Å². The van der Waals surface area contributed by atoms with Gasteiger partial charge in [-0.15, -0.1) is 0 Å². The van der Waals surface area contributed by atoms with Crippen LogP contribution in [0.5, 0.6) is 0 Å². The predicted octanol–water partition coefficient (Wildman–Crippen LogP) is 3.06. The van der Waals surface area contributed by atoms with E-state index in [9.17, 15) is 4.79 Å². The Morgan fingerprint density at radius 3 is 2.46 bits per heavy atom. The molecule has 1 aliphatic carbocycles. The van der Waals surface area contributed by atoms with Gasteiger partial charge in [0.1, 0.15) is 5.82 Å². The Kier molecular flexibility index (Phi) is 5.08. The molecule has 0 radical (unpaired) electrons. The molecule has 0 saturated carbocycles. The molecule has 1 aliphatic heterocycles. The van der Waals surface area contributed by atoms with Gasteiger partial charge in [0, 0.05) is 40.9 Å². The normalized spacial score (nSPS) is 19.1. The SMILES string of the molecule is CSc1ncc(CN2CCC3(CCc4c3nc(C(C)(C)C)[nH]c4=O)CC2)cn1. The largest absolute Gasteiger partial charge is 0.310 e. The minimum atomic E-state index is -0.151. The summed E-state index contributed by atoms with van der Waals surface area (Å²) in [4.78, 5) is 31.9. The molecule has 0 aromatic carbocycles. The average molecular weight is 400 g/mol. The van der Waals surface area contributed by atoms with E-state index >= 15 is 0 Å². The minimum absolute atomic E-state index is 0.0688. The van der Waals surface area contributed by atoms with E-state index in [1.54, 1.807) is 11.8 Å². The third-order valence-electron chi connectivity index (χ3n) is 6.17. The van der Waals surface area contributed by atoms with E-state index in [2.05, 4.69) is 40.6 Å². The lowest BCUT2D eigenvalue weighted by Crippen LogP contribution is -2.42. The highest BCUT2D eigenvalue weighted by Gasteiger charge is 2.44. The van der Waals surface area contributed by atoms with Crippen molar-refractivity contribution in [1.82, 2.24) is 24.8 Å². The van der Waals surface area contributed by atoms with Crippen molar-refractivity contribution in [3.63, 3.8) is 0 Å². The number of aromatic nitrogens is 4. The molecule has 1 saturated heterocycles. The molecule has 1 spiro atoms. The van der Waals surface area contributed by atoms with Gasteiger partial charge in [0.15, 0.2) is 5.16 Å². The summed E-state index contributed by atoms with van der Waals surface area (Å²) in [5.74, 6) is 0.811. The third-order valence-corrected chi connectivity index (χ3v) is 6.74. The molecule has 0 amide bonds. The molecule has 7 heteroatoms. The van der Waals surface area contributed by atoms with Crippen LogP contribution in [0.2, 0.25) is 0 Å². The topological polar surface area (TPSA) is 74.8 Å². The van der Waals surface area contributed by atoms with Crippen LogP contribution in [0, 0.1) is 0 Å². The molecule has 0 unspecified atom stereocenters. The molecule has 6 nitrogen and oxygen atoms in total. The molecule has 2 aromatic heterocycles. The fourth-order valence-electron chi connectivity index (χ4n) is 4.42. The Bertz CT molecular complexity index is 908. The van der Waals surface area contributed by atoms with Crippen LogP contribution in [0.1, 0.15) is 62.7 Å². The Morgan fingerprint density at radius 1 is 1.18 bits per heavy atom. The number of rotatable bonds is 3. The maximum absolute atomic E-state index is 12.6. The van der Waals surface area contributed by atoms with Crippen molar-refractivity contribution in [2.75, 3.05) is 19.3 Å². The van der Waals surface area contributed by atoms with Gasteiger partial charge in [-0.1, -0.05) is 32.5 Å². The van der Waals surface area contributed by atoms with Gasteiger partial charge in [-0.2, -0.15) is 0 Å². The lowest BCUT2D eigenvalue weighted by atomic mass is 9.76. The molecular formula is C21H29N5OS. The number of hydrogen-bond donors (Lipinski definition) is 1. The monoisotopic (exact) mass is 399 g/mol. The molecular weight excluding hydrogens is 370 g/mol. The smallest absolute Gasteiger partial charge is 0.254 e. The predicted molar refractivity (Wildman–Crippen MR) is 112 cm³/mol. The molecule has 4 rings (SSSR count). The molecule has 0 atom stereocenters. The summed E-state index contributed by atoms with van der Waals surface area (Å²) in [5.41, 5.74) is 3.14. The second-order valence-electron chi connectivity index (χ2n) is 9.13. The third kappa shape index (κ3) is 3.62. The lowest BCUT2D eigenvalue weighted by molar-refractivity contribution is 0.149. The van der Waals surface area contributed by atoms with Crippen LogP contribution in [-0.2, 0) is 23.8 Å². The van der Waals surface area contributed by atoms with Gasteiger partial charge in [0.2, 0.25) is 0 Å². The average Bonchev–Trinajstić information content (AvgIpc) is 3.03. The Labute approximate surface area is 170 Å². The zero-order chi connectivity index (χ0) is 19.9. The first-order valence-corrected chi connectivity index (χ1v) is 11.2. The number of piperidine rings is 1. The number of fused-ring (bicyclic) bond motifs is 2. The molecule has 1 N–H and O–H groups in total. The first kappa shape index (κ1) is 19.6. The van der Waals surface area contributed by atoms with Crippen LogP contribution in [0.3, 0.4) is 0 Å². The number of likely N-dealkylation sites (tertiary alicyclic amines) is 1. The zero-order valence-corrected chi connectivity index (χ0v) is 18.0. The van der Waals surface area contributed by atoms with E-state index in [-0.39, 0.29) is 16.4 Å². The van der Waals surface area contributed by atoms with Crippen molar-refractivity contribution < 1.29 is 0 Å². The summed E-state index contributed by atoms with van der Waals surface area (Å²) in [6, 6.07) is 0. The molecule has 2 aliphatic rings. The van der Waals surface area contributed by atoms with Crippen LogP contribution >= 0.6 is 11.8 Å². The lowest BCUT2D eigenvalue weighted by Gasteiger charge is -2.39. The number of nitrogens with zero attached hydrogens (tertiary/aromatic N) is 4. The summed E-state index contributed by atoms with van der Waals surface area (Å²) in [5, 5.41) is 0.815.